The van der Waals surface area contributed by atoms with Crippen LogP contribution >= 0.6 is 0 Å². The Morgan fingerprint density at radius 2 is 2.00 bits per heavy atom. The zero-order valence-electron chi connectivity index (χ0n) is 14.8. The van der Waals surface area contributed by atoms with Crippen LogP contribution in [0.25, 0.3) is 0 Å². The third-order valence-corrected chi connectivity index (χ3v) is 5.33. The zero-order chi connectivity index (χ0) is 17.1. The molecule has 2 atom stereocenters. The third-order valence-electron chi connectivity index (χ3n) is 5.33. The summed E-state index contributed by atoms with van der Waals surface area (Å²) in [5.41, 5.74) is 0.322. The molecule has 0 amide bonds. The summed E-state index contributed by atoms with van der Waals surface area (Å²) in [5, 5.41) is 19.4. The van der Waals surface area contributed by atoms with Gasteiger partial charge in [-0.1, -0.05) is 27.4 Å². The molecule has 2 N–H and O–H groups in total. The van der Waals surface area contributed by atoms with Crippen molar-refractivity contribution in [2.24, 2.45) is 11.3 Å². The fourth-order valence-electron chi connectivity index (χ4n) is 3.71. The van der Waals surface area contributed by atoms with Gasteiger partial charge < -0.3 is 24.6 Å². The van der Waals surface area contributed by atoms with Gasteiger partial charge in [0.15, 0.2) is 12.0 Å². The van der Waals surface area contributed by atoms with Crippen LogP contribution in [0.2, 0.25) is 0 Å². The van der Waals surface area contributed by atoms with E-state index in [1.165, 1.54) is 0 Å². The van der Waals surface area contributed by atoms with Crippen molar-refractivity contribution in [3.63, 3.8) is 0 Å². The molecule has 0 aromatic carbocycles. The van der Waals surface area contributed by atoms with Gasteiger partial charge in [-0.2, -0.15) is 0 Å². The minimum atomic E-state index is -0.779. The van der Waals surface area contributed by atoms with E-state index in [1.807, 2.05) is 0 Å². The molecule has 0 aromatic heterocycles. The maximum absolute atomic E-state index is 10.5. The van der Waals surface area contributed by atoms with Gasteiger partial charge in [0.25, 0.3) is 0 Å². The van der Waals surface area contributed by atoms with Crippen molar-refractivity contribution in [1.29, 1.82) is 0 Å². The molecule has 0 radical (unpaired) electrons. The summed E-state index contributed by atoms with van der Waals surface area (Å²) in [4.78, 5) is 1.71. The number of ether oxygens (including phenoxy) is 2. The molecule has 1 spiro atoms. The molecule has 23 heavy (non-hydrogen) atoms. The van der Waals surface area contributed by atoms with E-state index in [4.69, 9.17) is 14.6 Å². The number of hydrogen-bond donors (Lipinski definition) is 2. The molecular formula is C18H33NO4. The molecule has 5 heteroatoms. The van der Waals surface area contributed by atoms with Crippen molar-refractivity contribution in [2.75, 3.05) is 19.8 Å². The van der Waals surface area contributed by atoms with E-state index in [1.54, 1.807) is 11.1 Å². The summed E-state index contributed by atoms with van der Waals surface area (Å²) >= 11 is 0. The van der Waals surface area contributed by atoms with E-state index in [0.717, 1.165) is 25.7 Å². The molecule has 2 fully saturated rings. The SMILES string of the molecule is C=CN(CCCO)C(O)C1COC2(CCC(C(C)(C)C)CC2)O1. The van der Waals surface area contributed by atoms with Crippen LogP contribution < -0.4 is 0 Å². The lowest BCUT2D eigenvalue weighted by atomic mass is 9.71. The first kappa shape index (κ1) is 18.7. The van der Waals surface area contributed by atoms with Gasteiger partial charge in [0.2, 0.25) is 0 Å². The molecule has 1 aliphatic heterocycles. The summed E-state index contributed by atoms with van der Waals surface area (Å²) in [7, 11) is 0. The molecule has 1 heterocycles. The first-order valence-corrected chi connectivity index (χ1v) is 8.80. The van der Waals surface area contributed by atoms with E-state index in [0.29, 0.717) is 30.9 Å². The summed E-state index contributed by atoms with van der Waals surface area (Å²) < 4.78 is 12.1. The predicted molar refractivity (Wildman–Crippen MR) is 89.6 cm³/mol. The van der Waals surface area contributed by atoms with Crippen LogP contribution in [0.4, 0.5) is 0 Å². The van der Waals surface area contributed by atoms with Gasteiger partial charge in [-0.05, 0) is 36.8 Å². The van der Waals surface area contributed by atoms with Crippen LogP contribution in [0.1, 0.15) is 52.9 Å². The highest BCUT2D eigenvalue weighted by molar-refractivity contribution is 4.91. The van der Waals surface area contributed by atoms with Gasteiger partial charge in [-0.3, -0.25) is 0 Å². The van der Waals surface area contributed by atoms with E-state index in [-0.39, 0.29) is 12.7 Å². The molecule has 2 aliphatic rings. The molecule has 1 saturated heterocycles. The van der Waals surface area contributed by atoms with E-state index < -0.39 is 12.0 Å². The highest BCUT2D eigenvalue weighted by Crippen LogP contribution is 2.46. The zero-order valence-corrected chi connectivity index (χ0v) is 14.8. The Bertz CT molecular complexity index is 385. The number of rotatable bonds is 6. The van der Waals surface area contributed by atoms with Crippen LogP contribution in [-0.2, 0) is 9.47 Å². The molecular weight excluding hydrogens is 294 g/mol. The normalized spacial score (nSPS) is 32.9. The van der Waals surface area contributed by atoms with Crippen LogP contribution in [-0.4, -0.2) is 53.0 Å². The summed E-state index contributed by atoms with van der Waals surface area (Å²) in [6, 6.07) is 0. The Morgan fingerprint density at radius 3 is 2.52 bits per heavy atom. The van der Waals surface area contributed by atoms with Gasteiger partial charge in [-0.25, -0.2) is 0 Å². The predicted octanol–water partition coefficient (Wildman–Crippen LogP) is 2.48. The van der Waals surface area contributed by atoms with Crippen molar-refractivity contribution < 1.29 is 19.7 Å². The molecule has 2 rings (SSSR count). The number of nitrogens with zero attached hydrogens (tertiary/aromatic N) is 1. The van der Waals surface area contributed by atoms with Crippen LogP contribution in [0, 0.1) is 11.3 Å². The van der Waals surface area contributed by atoms with Gasteiger partial charge >= 0.3 is 0 Å². The number of aliphatic hydroxyl groups is 2. The third kappa shape index (κ3) is 4.47. The Morgan fingerprint density at radius 1 is 1.35 bits per heavy atom. The van der Waals surface area contributed by atoms with Crippen molar-refractivity contribution in [3.8, 4) is 0 Å². The fraction of sp³-hybridized carbons (Fsp3) is 0.889. The second-order valence-electron chi connectivity index (χ2n) is 7.93. The topological polar surface area (TPSA) is 62.2 Å². The average molecular weight is 327 g/mol. The second kappa shape index (κ2) is 7.51. The standard InChI is InChI=1S/C18H33NO4/c1-5-19(11-6-12-20)16(21)15-13-22-18(23-15)9-7-14(8-10-18)17(2,3)4/h5,14-16,20-21H,1,6-13H2,2-4H3. The van der Waals surface area contributed by atoms with Crippen LogP contribution in [0.5, 0.6) is 0 Å². The fourth-order valence-corrected chi connectivity index (χ4v) is 3.71. The summed E-state index contributed by atoms with van der Waals surface area (Å²) in [6.07, 6.45) is 5.03. The van der Waals surface area contributed by atoms with Crippen molar-refractivity contribution >= 4 is 0 Å². The lowest BCUT2D eigenvalue weighted by Gasteiger charge is -2.41. The number of hydrogen-bond acceptors (Lipinski definition) is 5. The minimum absolute atomic E-state index is 0.0945. The maximum atomic E-state index is 10.5. The van der Waals surface area contributed by atoms with E-state index in [2.05, 4.69) is 27.4 Å². The summed E-state index contributed by atoms with van der Waals surface area (Å²) in [6.45, 7) is 11.7. The quantitative estimate of drug-likeness (QED) is 0.734. The highest BCUT2D eigenvalue weighted by Gasteiger charge is 2.48. The molecule has 1 aliphatic carbocycles. The van der Waals surface area contributed by atoms with Crippen molar-refractivity contribution in [2.45, 2.75) is 71.0 Å². The van der Waals surface area contributed by atoms with Crippen molar-refractivity contribution in [3.05, 3.63) is 12.8 Å². The van der Waals surface area contributed by atoms with Gasteiger partial charge in [0.05, 0.1) is 6.61 Å². The smallest absolute Gasteiger partial charge is 0.169 e. The average Bonchev–Trinajstić information content (AvgIpc) is 2.91. The van der Waals surface area contributed by atoms with Crippen molar-refractivity contribution in [1.82, 2.24) is 4.90 Å². The molecule has 0 aromatic rings. The largest absolute Gasteiger partial charge is 0.396 e. The Labute approximate surface area is 140 Å². The van der Waals surface area contributed by atoms with Crippen LogP contribution in [0.3, 0.4) is 0 Å². The second-order valence-corrected chi connectivity index (χ2v) is 7.93. The first-order chi connectivity index (χ1) is 10.8. The Kier molecular flexibility index (Phi) is 6.11. The molecule has 134 valence electrons. The van der Waals surface area contributed by atoms with Crippen LogP contribution in [0.15, 0.2) is 12.8 Å². The van der Waals surface area contributed by atoms with Gasteiger partial charge in [-0.15, -0.1) is 0 Å². The Hall–Kier alpha value is -0.620. The molecule has 1 saturated carbocycles. The molecule has 5 nitrogen and oxygen atoms in total. The first-order valence-electron chi connectivity index (χ1n) is 8.80. The van der Waals surface area contributed by atoms with Gasteiger partial charge in [0.1, 0.15) is 6.10 Å². The monoisotopic (exact) mass is 327 g/mol. The Balaban J connectivity index is 1.89. The highest BCUT2D eigenvalue weighted by atomic mass is 16.7. The molecule has 2 unspecified atom stereocenters. The van der Waals surface area contributed by atoms with E-state index >= 15 is 0 Å². The lowest BCUT2D eigenvalue weighted by molar-refractivity contribution is -0.211. The summed E-state index contributed by atoms with van der Waals surface area (Å²) in [5.74, 6) is 0.176. The van der Waals surface area contributed by atoms with Gasteiger partial charge in [0, 0.05) is 26.0 Å². The molecule has 0 bridgehead atoms. The maximum Gasteiger partial charge on any atom is 0.169 e. The minimum Gasteiger partial charge on any atom is -0.396 e. The lowest BCUT2D eigenvalue weighted by Crippen LogP contribution is -2.44. The number of aliphatic hydroxyl groups excluding tert-OH is 2. The van der Waals surface area contributed by atoms with E-state index in [9.17, 15) is 5.11 Å².